The third kappa shape index (κ3) is 4.81. The minimum atomic E-state index is -3.14. The van der Waals surface area contributed by atoms with E-state index in [0.29, 0.717) is 19.5 Å². The van der Waals surface area contributed by atoms with Gasteiger partial charge in [0.15, 0.2) is 9.84 Å². The van der Waals surface area contributed by atoms with Gasteiger partial charge in [-0.05, 0) is 32.6 Å². The highest BCUT2D eigenvalue weighted by Gasteiger charge is 2.35. The summed E-state index contributed by atoms with van der Waals surface area (Å²) >= 11 is 5.93. The summed E-state index contributed by atoms with van der Waals surface area (Å²) in [6.45, 7) is 0.903. The van der Waals surface area contributed by atoms with E-state index in [2.05, 4.69) is 5.32 Å². The van der Waals surface area contributed by atoms with Crippen molar-refractivity contribution in [1.82, 2.24) is 9.80 Å². The smallest absolute Gasteiger partial charge is 0.319 e. The summed E-state index contributed by atoms with van der Waals surface area (Å²) in [4.78, 5) is 15.9. The zero-order chi connectivity index (χ0) is 17.9. The van der Waals surface area contributed by atoms with Crippen LogP contribution >= 0.6 is 11.6 Å². The Kier molecular flexibility index (Phi) is 6.06. The van der Waals surface area contributed by atoms with Gasteiger partial charge in [0.2, 0.25) is 0 Å². The van der Waals surface area contributed by atoms with E-state index in [9.17, 15) is 17.6 Å². The molecule has 9 heteroatoms. The number of urea groups is 1. The number of amides is 2. The van der Waals surface area contributed by atoms with E-state index in [1.54, 1.807) is 0 Å². The van der Waals surface area contributed by atoms with E-state index in [1.807, 2.05) is 19.0 Å². The van der Waals surface area contributed by atoms with Gasteiger partial charge in [-0.2, -0.15) is 0 Å². The second-order valence-electron chi connectivity index (χ2n) is 6.08. The second kappa shape index (κ2) is 7.67. The van der Waals surface area contributed by atoms with Crippen LogP contribution in [0, 0.1) is 5.82 Å². The molecule has 2 amide bonds. The molecule has 6 nitrogen and oxygen atoms in total. The molecule has 2 rings (SSSR count). The maximum Gasteiger partial charge on any atom is 0.322 e. The summed E-state index contributed by atoms with van der Waals surface area (Å²) in [6.07, 6.45) is 0.383. The van der Waals surface area contributed by atoms with Gasteiger partial charge in [0, 0.05) is 19.1 Å². The normalized spacial score (nSPS) is 19.5. The van der Waals surface area contributed by atoms with Crippen LogP contribution < -0.4 is 5.32 Å². The van der Waals surface area contributed by atoms with Crippen molar-refractivity contribution in [2.75, 3.05) is 44.0 Å². The molecule has 0 bridgehead atoms. The lowest BCUT2D eigenvalue weighted by atomic mass is 10.2. The lowest BCUT2D eigenvalue weighted by Crippen LogP contribution is -2.46. The topological polar surface area (TPSA) is 69.7 Å². The number of carbonyl (C=O) groups excluding carboxylic acids is 1. The van der Waals surface area contributed by atoms with Crippen molar-refractivity contribution in [2.24, 2.45) is 0 Å². The third-order valence-corrected chi connectivity index (χ3v) is 5.96. The minimum absolute atomic E-state index is 0.0594. The number of sulfone groups is 1. The molecule has 134 valence electrons. The van der Waals surface area contributed by atoms with Crippen LogP contribution in [0.1, 0.15) is 6.42 Å². The number of likely N-dealkylation sites (N-methyl/N-ethyl adjacent to an activating group) is 1. The molecule has 1 N–H and O–H groups in total. The fourth-order valence-corrected chi connectivity index (χ4v) is 4.52. The molecule has 0 aromatic heterocycles. The lowest BCUT2D eigenvalue weighted by molar-refractivity contribution is 0.186. The Bertz CT molecular complexity index is 692. The van der Waals surface area contributed by atoms with Crippen LogP contribution in [-0.2, 0) is 9.84 Å². The molecule has 1 fully saturated rings. The zero-order valence-electron chi connectivity index (χ0n) is 13.6. The molecule has 0 aliphatic carbocycles. The van der Waals surface area contributed by atoms with Crippen molar-refractivity contribution in [1.29, 1.82) is 0 Å². The predicted octanol–water partition coefficient (Wildman–Crippen LogP) is 2.06. The van der Waals surface area contributed by atoms with Crippen LogP contribution in [-0.4, -0.2) is 69.0 Å². The first-order valence-corrected chi connectivity index (χ1v) is 9.76. The van der Waals surface area contributed by atoms with E-state index in [0.717, 1.165) is 0 Å². The number of hydrogen-bond acceptors (Lipinski definition) is 4. The van der Waals surface area contributed by atoms with Crippen LogP contribution in [0.15, 0.2) is 18.2 Å². The number of nitrogens with zero attached hydrogens (tertiary/aromatic N) is 2. The van der Waals surface area contributed by atoms with E-state index in [4.69, 9.17) is 11.6 Å². The number of nitrogens with one attached hydrogen (secondary N) is 1. The van der Waals surface area contributed by atoms with Crippen molar-refractivity contribution in [3.05, 3.63) is 29.0 Å². The van der Waals surface area contributed by atoms with Gasteiger partial charge in [0.1, 0.15) is 5.82 Å². The second-order valence-corrected chi connectivity index (χ2v) is 8.72. The maximum atomic E-state index is 13.9. The van der Waals surface area contributed by atoms with Gasteiger partial charge in [-0.25, -0.2) is 17.6 Å². The van der Waals surface area contributed by atoms with Gasteiger partial charge < -0.3 is 15.1 Å². The first-order chi connectivity index (χ1) is 11.2. The lowest BCUT2D eigenvalue weighted by Gasteiger charge is -2.29. The average Bonchev–Trinajstić information content (AvgIpc) is 2.83. The van der Waals surface area contributed by atoms with Crippen LogP contribution in [0.2, 0.25) is 5.02 Å². The average molecular weight is 378 g/mol. The van der Waals surface area contributed by atoms with Crippen molar-refractivity contribution in [3.8, 4) is 0 Å². The van der Waals surface area contributed by atoms with E-state index < -0.39 is 27.7 Å². The number of benzene rings is 1. The standard InChI is InChI=1S/C15H21ClFN3O3S/c1-19(2)7-8-20(11-6-9-24(22,23)10-11)15(21)18-14-12(16)4-3-5-13(14)17/h3-5,11H,6-10H2,1-2H3,(H,18,21). The Hall–Kier alpha value is -1.38. The third-order valence-electron chi connectivity index (χ3n) is 3.89. The van der Waals surface area contributed by atoms with Crippen LogP contribution in [0.25, 0.3) is 0 Å². The predicted molar refractivity (Wildman–Crippen MR) is 92.7 cm³/mol. The van der Waals surface area contributed by atoms with E-state index in [1.165, 1.54) is 23.1 Å². The Morgan fingerprint density at radius 2 is 2.08 bits per heavy atom. The van der Waals surface area contributed by atoms with Crippen molar-refractivity contribution in [3.63, 3.8) is 0 Å². The van der Waals surface area contributed by atoms with Crippen molar-refractivity contribution < 1.29 is 17.6 Å². The highest BCUT2D eigenvalue weighted by atomic mass is 35.5. The maximum absolute atomic E-state index is 13.9. The van der Waals surface area contributed by atoms with Gasteiger partial charge in [0.25, 0.3) is 0 Å². The molecular formula is C15H21ClFN3O3S. The molecule has 1 aromatic rings. The summed E-state index contributed by atoms with van der Waals surface area (Å²) < 4.78 is 37.3. The van der Waals surface area contributed by atoms with Crippen LogP contribution in [0.5, 0.6) is 0 Å². The number of para-hydroxylation sites is 1. The quantitative estimate of drug-likeness (QED) is 0.852. The highest BCUT2D eigenvalue weighted by Crippen LogP contribution is 2.26. The molecule has 1 unspecified atom stereocenters. The van der Waals surface area contributed by atoms with Crippen molar-refractivity contribution in [2.45, 2.75) is 12.5 Å². The Morgan fingerprint density at radius 1 is 1.38 bits per heavy atom. The number of anilines is 1. The van der Waals surface area contributed by atoms with E-state index >= 15 is 0 Å². The fourth-order valence-electron chi connectivity index (χ4n) is 2.57. The molecular weight excluding hydrogens is 357 g/mol. The summed E-state index contributed by atoms with van der Waals surface area (Å²) in [5.41, 5.74) is -0.0973. The Balaban J connectivity index is 2.18. The van der Waals surface area contributed by atoms with Gasteiger partial charge >= 0.3 is 6.03 Å². The van der Waals surface area contributed by atoms with Crippen molar-refractivity contribution >= 4 is 33.2 Å². The molecule has 1 saturated heterocycles. The molecule has 24 heavy (non-hydrogen) atoms. The monoisotopic (exact) mass is 377 g/mol. The number of rotatable bonds is 5. The van der Waals surface area contributed by atoms with Crippen LogP contribution in [0.3, 0.4) is 0 Å². The van der Waals surface area contributed by atoms with Gasteiger partial charge in [-0.15, -0.1) is 0 Å². The van der Waals surface area contributed by atoms with Gasteiger partial charge in [0.05, 0.1) is 22.2 Å². The summed E-state index contributed by atoms with van der Waals surface area (Å²) in [7, 11) is 0.576. The molecule has 1 aliphatic heterocycles. The summed E-state index contributed by atoms with van der Waals surface area (Å²) in [5.74, 6) is -0.648. The van der Waals surface area contributed by atoms with Gasteiger partial charge in [-0.3, -0.25) is 0 Å². The largest absolute Gasteiger partial charge is 0.322 e. The molecule has 1 heterocycles. The molecule has 1 aliphatic rings. The summed E-state index contributed by atoms with van der Waals surface area (Å²) in [6, 6.07) is 3.16. The number of carbonyl (C=O) groups is 1. The molecule has 0 radical (unpaired) electrons. The Morgan fingerprint density at radius 3 is 2.62 bits per heavy atom. The molecule has 0 spiro atoms. The highest BCUT2D eigenvalue weighted by molar-refractivity contribution is 7.91. The first-order valence-electron chi connectivity index (χ1n) is 7.56. The molecule has 1 aromatic carbocycles. The molecule has 0 saturated carbocycles. The fraction of sp³-hybridized carbons (Fsp3) is 0.533. The Labute approximate surface area is 146 Å². The first kappa shape index (κ1) is 19.0. The number of halogens is 2. The SMILES string of the molecule is CN(C)CCN(C(=O)Nc1c(F)cccc1Cl)C1CCS(=O)(=O)C1. The number of hydrogen-bond donors (Lipinski definition) is 1. The summed E-state index contributed by atoms with van der Waals surface area (Å²) in [5, 5.41) is 2.57. The van der Waals surface area contributed by atoms with Gasteiger partial charge in [-0.1, -0.05) is 17.7 Å². The van der Waals surface area contributed by atoms with Crippen LogP contribution in [0.4, 0.5) is 14.9 Å². The minimum Gasteiger partial charge on any atom is -0.319 e. The zero-order valence-corrected chi connectivity index (χ0v) is 15.2. The van der Waals surface area contributed by atoms with E-state index in [-0.39, 0.29) is 22.2 Å². The molecule has 1 atom stereocenters.